The molecular weight excluding hydrogens is 298 g/mol. The zero-order valence-electron chi connectivity index (χ0n) is 13.8. The van der Waals surface area contributed by atoms with Crippen LogP contribution >= 0.6 is 0 Å². The average molecular weight is 322 g/mol. The van der Waals surface area contributed by atoms with Crippen LogP contribution in [-0.4, -0.2) is 40.9 Å². The molecule has 2 saturated heterocycles. The highest BCUT2D eigenvalue weighted by Crippen LogP contribution is 2.36. The molecule has 3 nitrogen and oxygen atoms in total. The second-order valence-electron chi connectivity index (χ2n) is 6.71. The third kappa shape index (κ3) is 3.11. The van der Waals surface area contributed by atoms with Crippen molar-refractivity contribution in [3.05, 3.63) is 35.4 Å². The van der Waals surface area contributed by atoms with Crippen LogP contribution in [0.15, 0.2) is 18.2 Å². The Morgan fingerprint density at radius 1 is 1.17 bits per heavy atom. The number of halogens is 2. The van der Waals surface area contributed by atoms with Crippen molar-refractivity contribution >= 4 is 5.91 Å². The van der Waals surface area contributed by atoms with Crippen LogP contribution in [0.25, 0.3) is 0 Å². The van der Waals surface area contributed by atoms with Crippen LogP contribution in [0, 0.1) is 11.6 Å². The molecule has 0 saturated carbocycles. The van der Waals surface area contributed by atoms with E-state index >= 15 is 0 Å². The molecule has 2 fully saturated rings. The van der Waals surface area contributed by atoms with Gasteiger partial charge in [0, 0.05) is 37.2 Å². The van der Waals surface area contributed by atoms with Crippen molar-refractivity contribution in [1.29, 1.82) is 0 Å². The van der Waals surface area contributed by atoms with Gasteiger partial charge in [-0.3, -0.25) is 9.69 Å². The van der Waals surface area contributed by atoms with Crippen LogP contribution in [0.1, 0.15) is 51.1 Å². The molecule has 1 aromatic carbocycles. The first-order valence-corrected chi connectivity index (χ1v) is 8.47. The van der Waals surface area contributed by atoms with Crippen molar-refractivity contribution < 1.29 is 13.6 Å². The van der Waals surface area contributed by atoms with Crippen molar-refractivity contribution in [3.8, 4) is 0 Å². The Labute approximate surface area is 136 Å². The zero-order valence-corrected chi connectivity index (χ0v) is 13.8. The maximum absolute atomic E-state index is 14.1. The van der Waals surface area contributed by atoms with E-state index in [0.29, 0.717) is 5.56 Å². The molecule has 3 rings (SSSR count). The van der Waals surface area contributed by atoms with Gasteiger partial charge in [0.05, 0.1) is 0 Å². The van der Waals surface area contributed by atoms with E-state index in [1.165, 1.54) is 12.1 Å². The number of rotatable bonds is 3. The number of amides is 1. The SMILES string of the molecule is CC(=O)N1CCCC1C1CCCN1C(C)c1cc(F)ccc1F. The molecule has 0 aliphatic carbocycles. The molecule has 23 heavy (non-hydrogen) atoms. The van der Waals surface area contributed by atoms with E-state index in [9.17, 15) is 13.6 Å². The van der Waals surface area contributed by atoms with Crippen LogP contribution in [0.3, 0.4) is 0 Å². The predicted molar refractivity (Wildman–Crippen MR) is 84.9 cm³/mol. The lowest BCUT2D eigenvalue weighted by atomic mass is 9.99. The number of hydrogen-bond acceptors (Lipinski definition) is 2. The Kier molecular flexibility index (Phi) is 4.67. The largest absolute Gasteiger partial charge is 0.338 e. The number of likely N-dealkylation sites (tertiary alicyclic amines) is 2. The summed E-state index contributed by atoms with van der Waals surface area (Å²) < 4.78 is 27.6. The molecule has 3 atom stereocenters. The van der Waals surface area contributed by atoms with E-state index in [0.717, 1.165) is 44.8 Å². The summed E-state index contributed by atoms with van der Waals surface area (Å²) in [6, 6.07) is 3.90. The fraction of sp³-hybridized carbons (Fsp3) is 0.611. The number of carbonyl (C=O) groups excluding carboxylic acids is 1. The minimum atomic E-state index is -0.407. The van der Waals surface area contributed by atoms with Crippen molar-refractivity contribution in [2.75, 3.05) is 13.1 Å². The molecule has 5 heteroatoms. The zero-order chi connectivity index (χ0) is 16.6. The first kappa shape index (κ1) is 16.4. The molecule has 1 amide bonds. The maximum atomic E-state index is 14.1. The Balaban J connectivity index is 1.83. The standard InChI is InChI=1S/C18H24F2N2O/c1-12(15-11-14(19)7-8-16(15)20)21-9-3-5-17(21)18-6-4-10-22(18)13(2)23/h7-8,11-12,17-18H,3-6,9-10H2,1-2H3. The third-order valence-electron chi connectivity index (χ3n) is 5.40. The summed E-state index contributed by atoms with van der Waals surface area (Å²) in [4.78, 5) is 16.1. The molecule has 1 aromatic rings. The van der Waals surface area contributed by atoms with Gasteiger partial charge in [-0.2, -0.15) is 0 Å². The molecule has 0 spiro atoms. The predicted octanol–water partition coefficient (Wildman–Crippen LogP) is 3.50. The van der Waals surface area contributed by atoms with E-state index in [2.05, 4.69) is 4.90 Å². The Bertz CT molecular complexity index is 592. The van der Waals surface area contributed by atoms with Crippen LogP contribution in [0.5, 0.6) is 0 Å². The highest BCUT2D eigenvalue weighted by Gasteiger charge is 2.40. The molecule has 0 N–H and O–H groups in total. The quantitative estimate of drug-likeness (QED) is 0.850. The summed E-state index contributed by atoms with van der Waals surface area (Å²) in [5.41, 5.74) is 0.407. The smallest absolute Gasteiger partial charge is 0.219 e. The number of hydrogen-bond donors (Lipinski definition) is 0. The lowest BCUT2D eigenvalue weighted by Gasteiger charge is -2.38. The molecule has 126 valence electrons. The van der Waals surface area contributed by atoms with Crippen LogP contribution in [-0.2, 0) is 4.79 Å². The van der Waals surface area contributed by atoms with Gasteiger partial charge in [0.15, 0.2) is 0 Å². The highest BCUT2D eigenvalue weighted by atomic mass is 19.1. The van der Waals surface area contributed by atoms with Crippen LogP contribution in [0.2, 0.25) is 0 Å². The number of benzene rings is 1. The monoisotopic (exact) mass is 322 g/mol. The molecule has 2 aliphatic rings. The summed E-state index contributed by atoms with van der Waals surface area (Å²) in [5.74, 6) is -0.654. The van der Waals surface area contributed by atoms with Crippen molar-refractivity contribution in [3.63, 3.8) is 0 Å². The highest BCUT2D eigenvalue weighted by molar-refractivity contribution is 5.74. The van der Waals surface area contributed by atoms with Crippen molar-refractivity contribution in [2.45, 2.75) is 57.7 Å². The minimum Gasteiger partial charge on any atom is -0.338 e. The normalized spacial score (nSPS) is 26.7. The van der Waals surface area contributed by atoms with Gasteiger partial charge in [0.1, 0.15) is 11.6 Å². The molecule has 0 radical (unpaired) electrons. The fourth-order valence-electron chi connectivity index (χ4n) is 4.31. The van der Waals surface area contributed by atoms with E-state index < -0.39 is 5.82 Å². The second kappa shape index (κ2) is 6.56. The molecule has 2 aliphatic heterocycles. The lowest BCUT2D eigenvalue weighted by Crippen LogP contribution is -2.48. The van der Waals surface area contributed by atoms with E-state index in [4.69, 9.17) is 0 Å². The summed E-state index contributed by atoms with van der Waals surface area (Å²) in [7, 11) is 0. The van der Waals surface area contributed by atoms with E-state index in [1.54, 1.807) is 6.92 Å². The van der Waals surface area contributed by atoms with Gasteiger partial charge >= 0.3 is 0 Å². The van der Waals surface area contributed by atoms with Gasteiger partial charge in [-0.1, -0.05) is 0 Å². The van der Waals surface area contributed by atoms with Crippen molar-refractivity contribution in [1.82, 2.24) is 9.80 Å². The minimum absolute atomic E-state index is 0.115. The van der Waals surface area contributed by atoms with Crippen LogP contribution in [0.4, 0.5) is 8.78 Å². The molecular formula is C18H24F2N2O. The summed E-state index contributed by atoms with van der Waals surface area (Å²) >= 11 is 0. The second-order valence-corrected chi connectivity index (χ2v) is 6.71. The van der Waals surface area contributed by atoms with Gasteiger partial charge in [0.25, 0.3) is 0 Å². The Hall–Kier alpha value is -1.49. The lowest BCUT2D eigenvalue weighted by molar-refractivity contribution is -0.130. The average Bonchev–Trinajstić information content (AvgIpc) is 3.16. The van der Waals surface area contributed by atoms with Gasteiger partial charge in [-0.15, -0.1) is 0 Å². The Morgan fingerprint density at radius 3 is 2.61 bits per heavy atom. The topological polar surface area (TPSA) is 23.6 Å². The van der Waals surface area contributed by atoms with Crippen LogP contribution < -0.4 is 0 Å². The molecule has 0 bridgehead atoms. The third-order valence-corrected chi connectivity index (χ3v) is 5.40. The van der Waals surface area contributed by atoms with Gasteiger partial charge in [0.2, 0.25) is 5.91 Å². The van der Waals surface area contributed by atoms with Gasteiger partial charge in [-0.25, -0.2) is 8.78 Å². The fourth-order valence-corrected chi connectivity index (χ4v) is 4.31. The number of carbonyl (C=O) groups is 1. The first-order valence-electron chi connectivity index (χ1n) is 8.47. The van der Waals surface area contributed by atoms with Crippen molar-refractivity contribution in [2.24, 2.45) is 0 Å². The maximum Gasteiger partial charge on any atom is 0.219 e. The molecule has 2 heterocycles. The Morgan fingerprint density at radius 2 is 1.87 bits per heavy atom. The number of nitrogens with zero attached hydrogens (tertiary/aromatic N) is 2. The molecule has 0 aromatic heterocycles. The van der Waals surface area contributed by atoms with Gasteiger partial charge in [-0.05, 0) is 57.4 Å². The van der Waals surface area contributed by atoms with Gasteiger partial charge < -0.3 is 4.90 Å². The molecule has 3 unspecified atom stereocenters. The summed E-state index contributed by atoms with van der Waals surface area (Å²) in [6.07, 6.45) is 4.07. The van der Waals surface area contributed by atoms with E-state index in [1.807, 2.05) is 11.8 Å². The summed E-state index contributed by atoms with van der Waals surface area (Å²) in [6.45, 7) is 5.23. The first-order chi connectivity index (χ1) is 11.0. The van der Waals surface area contributed by atoms with E-state index in [-0.39, 0.29) is 29.8 Å². The summed E-state index contributed by atoms with van der Waals surface area (Å²) in [5, 5.41) is 0.